The Morgan fingerprint density at radius 2 is 2.00 bits per heavy atom. The number of benzene rings is 1. The molecule has 2 aromatic heterocycles. The van der Waals surface area contributed by atoms with Gasteiger partial charge in [-0.25, -0.2) is 4.68 Å². The van der Waals surface area contributed by atoms with Gasteiger partial charge in [-0.05, 0) is 17.7 Å². The van der Waals surface area contributed by atoms with Crippen molar-refractivity contribution >= 4 is 5.91 Å². The van der Waals surface area contributed by atoms with Crippen LogP contribution in [0.2, 0.25) is 0 Å². The molecule has 0 bridgehead atoms. The number of rotatable bonds is 5. The summed E-state index contributed by atoms with van der Waals surface area (Å²) in [4.78, 5) is 18.5. The first-order valence-electron chi connectivity index (χ1n) is 8.55. The highest BCUT2D eigenvalue weighted by Crippen LogP contribution is 2.18. The van der Waals surface area contributed by atoms with E-state index in [1.807, 2.05) is 52.0 Å². The SMILES string of the molecule is O=C(Cc1ccccc1)N1CCn2nnc(COc3cccnc3)c2C1. The van der Waals surface area contributed by atoms with Crippen LogP contribution in [0.3, 0.4) is 0 Å². The molecule has 1 aromatic carbocycles. The second kappa shape index (κ2) is 7.35. The average molecular weight is 349 g/mol. The fourth-order valence-corrected chi connectivity index (χ4v) is 2.99. The van der Waals surface area contributed by atoms with Crippen molar-refractivity contribution in [2.24, 2.45) is 0 Å². The molecule has 1 aliphatic heterocycles. The van der Waals surface area contributed by atoms with Gasteiger partial charge in [-0.3, -0.25) is 9.78 Å². The lowest BCUT2D eigenvalue weighted by Gasteiger charge is -2.28. The normalized spacial score (nSPS) is 13.3. The molecule has 0 atom stereocenters. The lowest BCUT2D eigenvalue weighted by atomic mass is 10.1. The van der Waals surface area contributed by atoms with E-state index in [1.165, 1.54) is 0 Å². The van der Waals surface area contributed by atoms with Gasteiger partial charge < -0.3 is 9.64 Å². The van der Waals surface area contributed by atoms with E-state index in [1.54, 1.807) is 12.4 Å². The average Bonchev–Trinajstić information content (AvgIpc) is 3.10. The molecule has 0 fully saturated rings. The third kappa shape index (κ3) is 3.56. The van der Waals surface area contributed by atoms with Crippen LogP contribution >= 0.6 is 0 Å². The van der Waals surface area contributed by atoms with E-state index in [2.05, 4.69) is 15.3 Å². The zero-order valence-electron chi connectivity index (χ0n) is 14.3. The minimum atomic E-state index is 0.114. The van der Waals surface area contributed by atoms with Crippen LogP contribution < -0.4 is 4.74 Å². The van der Waals surface area contributed by atoms with Gasteiger partial charge >= 0.3 is 0 Å². The number of aromatic nitrogens is 4. The summed E-state index contributed by atoms with van der Waals surface area (Å²) < 4.78 is 7.58. The summed E-state index contributed by atoms with van der Waals surface area (Å²) in [6, 6.07) is 13.5. The zero-order valence-corrected chi connectivity index (χ0v) is 14.3. The standard InChI is InChI=1S/C19H19N5O2/c25-19(11-15-5-2-1-3-6-15)23-9-10-24-18(13-23)17(21-22-24)14-26-16-7-4-8-20-12-16/h1-8,12H,9-11,13-14H2. The largest absolute Gasteiger partial charge is 0.486 e. The lowest BCUT2D eigenvalue weighted by Crippen LogP contribution is -2.39. The number of amides is 1. The summed E-state index contributed by atoms with van der Waals surface area (Å²) in [6.45, 7) is 2.10. The highest BCUT2D eigenvalue weighted by Gasteiger charge is 2.25. The summed E-state index contributed by atoms with van der Waals surface area (Å²) in [5.74, 6) is 0.796. The third-order valence-electron chi connectivity index (χ3n) is 4.40. The topological polar surface area (TPSA) is 73.1 Å². The number of fused-ring (bicyclic) bond motifs is 1. The maximum absolute atomic E-state index is 12.6. The van der Waals surface area contributed by atoms with Gasteiger partial charge in [-0.15, -0.1) is 5.10 Å². The van der Waals surface area contributed by atoms with Crippen LogP contribution in [0.4, 0.5) is 0 Å². The van der Waals surface area contributed by atoms with Crippen molar-refractivity contribution in [2.45, 2.75) is 26.1 Å². The number of carbonyl (C=O) groups excluding carboxylic acids is 1. The van der Waals surface area contributed by atoms with Crippen molar-refractivity contribution in [1.29, 1.82) is 0 Å². The maximum atomic E-state index is 12.6. The first-order valence-corrected chi connectivity index (χ1v) is 8.55. The fourth-order valence-electron chi connectivity index (χ4n) is 2.99. The number of pyridine rings is 1. The van der Waals surface area contributed by atoms with Gasteiger partial charge in [-0.1, -0.05) is 35.5 Å². The Morgan fingerprint density at radius 3 is 2.81 bits per heavy atom. The quantitative estimate of drug-likeness (QED) is 0.703. The molecule has 0 unspecified atom stereocenters. The van der Waals surface area contributed by atoms with Crippen LogP contribution in [-0.2, 0) is 30.9 Å². The van der Waals surface area contributed by atoms with E-state index >= 15 is 0 Å². The second-order valence-electron chi connectivity index (χ2n) is 6.16. The zero-order chi connectivity index (χ0) is 17.8. The highest BCUT2D eigenvalue weighted by molar-refractivity contribution is 5.78. The number of ether oxygens (including phenoxy) is 1. The van der Waals surface area contributed by atoms with E-state index in [-0.39, 0.29) is 5.91 Å². The number of hydrogen-bond acceptors (Lipinski definition) is 5. The van der Waals surface area contributed by atoms with Gasteiger partial charge in [0.05, 0.1) is 31.4 Å². The summed E-state index contributed by atoms with van der Waals surface area (Å²) in [7, 11) is 0. The lowest BCUT2D eigenvalue weighted by molar-refractivity contribution is -0.132. The predicted molar refractivity (Wildman–Crippen MR) is 94.2 cm³/mol. The maximum Gasteiger partial charge on any atom is 0.227 e. The van der Waals surface area contributed by atoms with Crippen molar-refractivity contribution in [3.8, 4) is 5.75 Å². The van der Waals surface area contributed by atoms with Crippen LogP contribution in [0, 0.1) is 0 Å². The molecule has 3 heterocycles. The van der Waals surface area contributed by atoms with Gasteiger partial charge in [-0.2, -0.15) is 0 Å². The molecule has 7 nitrogen and oxygen atoms in total. The van der Waals surface area contributed by atoms with E-state index in [0.29, 0.717) is 38.4 Å². The minimum absolute atomic E-state index is 0.114. The Balaban J connectivity index is 1.42. The molecule has 0 saturated heterocycles. The molecule has 0 radical (unpaired) electrons. The molecule has 26 heavy (non-hydrogen) atoms. The Morgan fingerprint density at radius 1 is 1.12 bits per heavy atom. The smallest absolute Gasteiger partial charge is 0.227 e. The molecular weight excluding hydrogens is 330 g/mol. The van der Waals surface area contributed by atoms with Gasteiger partial charge in [0.15, 0.2) is 0 Å². The summed E-state index contributed by atoms with van der Waals surface area (Å²) in [6.07, 6.45) is 3.76. The van der Waals surface area contributed by atoms with Gasteiger partial charge in [0.1, 0.15) is 18.1 Å². The Labute approximate surface area is 151 Å². The summed E-state index contributed by atoms with van der Waals surface area (Å²) >= 11 is 0. The van der Waals surface area contributed by atoms with Gasteiger partial charge in [0.25, 0.3) is 0 Å². The first kappa shape index (κ1) is 16.3. The summed E-state index contributed by atoms with van der Waals surface area (Å²) in [5.41, 5.74) is 2.71. The molecule has 0 N–H and O–H groups in total. The number of nitrogens with zero attached hydrogens (tertiary/aromatic N) is 5. The van der Waals surface area contributed by atoms with Crippen molar-refractivity contribution in [1.82, 2.24) is 24.9 Å². The van der Waals surface area contributed by atoms with Crippen molar-refractivity contribution in [2.75, 3.05) is 6.54 Å². The molecule has 0 spiro atoms. The molecule has 132 valence electrons. The monoisotopic (exact) mass is 349 g/mol. The van der Waals surface area contributed by atoms with Crippen LogP contribution in [0.15, 0.2) is 54.9 Å². The van der Waals surface area contributed by atoms with Crippen molar-refractivity contribution in [3.05, 3.63) is 71.8 Å². The second-order valence-corrected chi connectivity index (χ2v) is 6.16. The van der Waals surface area contributed by atoms with E-state index in [9.17, 15) is 4.79 Å². The molecular formula is C19H19N5O2. The molecule has 1 amide bonds. The molecule has 7 heteroatoms. The van der Waals surface area contributed by atoms with Crippen LogP contribution in [-0.4, -0.2) is 37.3 Å². The Kier molecular flexibility index (Phi) is 4.59. The van der Waals surface area contributed by atoms with E-state index < -0.39 is 0 Å². The van der Waals surface area contributed by atoms with Gasteiger partial charge in [0.2, 0.25) is 5.91 Å². The van der Waals surface area contributed by atoms with Crippen LogP contribution in [0.1, 0.15) is 17.0 Å². The van der Waals surface area contributed by atoms with Crippen molar-refractivity contribution < 1.29 is 9.53 Å². The molecule has 1 aliphatic rings. The Bertz CT molecular complexity index is 879. The molecule has 0 aliphatic carbocycles. The molecule has 0 saturated carbocycles. The fraction of sp³-hybridized carbons (Fsp3) is 0.263. The predicted octanol–water partition coefficient (Wildman–Crippen LogP) is 1.84. The number of carbonyl (C=O) groups is 1. The van der Waals surface area contributed by atoms with Gasteiger partial charge in [0, 0.05) is 12.7 Å². The van der Waals surface area contributed by atoms with E-state index in [0.717, 1.165) is 17.0 Å². The third-order valence-corrected chi connectivity index (χ3v) is 4.40. The molecule has 4 rings (SSSR count). The first-order chi connectivity index (χ1) is 12.8. The number of hydrogen-bond donors (Lipinski definition) is 0. The summed E-state index contributed by atoms with van der Waals surface area (Å²) in [5, 5.41) is 8.40. The van der Waals surface area contributed by atoms with Crippen molar-refractivity contribution in [3.63, 3.8) is 0 Å². The van der Waals surface area contributed by atoms with E-state index in [4.69, 9.17) is 4.74 Å². The minimum Gasteiger partial charge on any atom is -0.486 e. The van der Waals surface area contributed by atoms with Crippen LogP contribution in [0.5, 0.6) is 5.75 Å². The van der Waals surface area contributed by atoms with Crippen LogP contribution in [0.25, 0.3) is 0 Å². The molecule has 3 aromatic rings. The highest BCUT2D eigenvalue weighted by atomic mass is 16.5. The Hall–Kier alpha value is -3.22.